The molecule has 1 saturated heterocycles. The van der Waals surface area contributed by atoms with E-state index < -0.39 is 0 Å². The van der Waals surface area contributed by atoms with E-state index in [0.717, 1.165) is 25.9 Å². The largest absolute Gasteiger partial charge is 0.324 e. The molecule has 0 atom stereocenters. The van der Waals surface area contributed by atoms with E-state index in [0.29, 0.717) is 6.54 Å². The number of hydrogen-bond donors (Lipinski definition) is 1. The molecule has 0 unspecified atom stereocenters. The molecule has 1 heterocycles. The summed E-state index contributed by atoms with van der Waals surface area (Å²) in [6.07, 6.45) is 10.9. The number of likely N-dealkylation sites (tertiary alicyclic amines) is 1. The topological polar surface area (TPSA) is 32.3 Å². The number of rotatable bonds is 3. The van der Waals surface area contributed by atoms with Crippen LogP contribution in [0, 0.1) is 0 Å². The maximum atomic E-state index is 12.5. The average molecular weight is 298 g/mol. The van der Waals surface area contributed by atoms with E-state index in [-0.39, 0.29) is 5.91 Å². The summed E-state index contributed by atoms with van der Waals surface area (Å²) < 4.78 is 0. The van der Waals surface area contributed by atoms with Gasteiger partial charge in [-0.25, -0.2) is 0 Å². The predicted octanol–water partition coefficient (Wildman–Crippen LogP) is 3.09. The number of anilines is 1. The van der Waals surface area contributed by atoms with Crippen LogP contribution < -0.4 is 5.32 Å². The fourth-order valence-electron chi connectivity index (χ4n) is 4.47. The van der Waals surface area contributed by atoms with Crippen molar-refractivity contribution in [3.8, 4) is 0 Å². The Hall–Kier alpha value is -1.35. The minimum absolute atomic E-state index is 0.191. The van der Waals surface area contributed by atoms with Gasteiger partial charge in [-0.15, -0.1) is 0 Å². The van der Waals surface area contributed by atoms with Gasteiger partial charge in [-0.05, 0) is 86.7 Å². The van der Waals surface area contributed by atoms with E-state index in [1.807, 2.05) is 0 Å². The highest BCUT2D eigenvalue weighted by atomic mass is 16.2. The number of nitrogens with zero attached hydrogens (tertiary/aromatic N) is 1. The molecule has 118 valence electrons. The van der Waals surface area contributed by atoms with E-state index in [9.17, 15) is 4.79 Å². The normalized spacial score (nSPS) is 20.7. The summed E-state index contributed by atoms with van der Waals surface area (Å²) in [4.78, 5) is 14.8. The van der Waals surface area contributed by atoms with Crippen molar-refractivity contribution >= 4 is 11.6 Å². The Morgan fingerprint density at radius 1 is 0.909 bits per heavy atom. The molecule has 0 aromatic heterocycles. The molecule has 1 fully saturated rings. The second kappa shape index (κ2) is 6.04. The van der Waals surface area contributed by atoms with Crippen molar-refractivity contribution in [2.75, 3.05) is 25.0 Å². The van der Waals surface area contributed by atoms with Crippen molar-refractivity contribution in [3.05, 3.63) is 28.3 Å². The average Bonchev–Trinajstić information content (AvgIpc) is 3.16. The second-order valence-corrected chi connectivity index (χ2v) is 7.12. The number of carbonyl (C=O) groups is 1. The van der Waals surface area contributed by atoms with Crippen LogP contribution in [0.25, 0.3) is 0 Å². The van der Waals surface area contributed by atoms with E-state index in [4.69, 9.17) is 0 Å². The lowest BCUT2D eigenvalue weighted by Crippen LogP contribution is -2.37. The second-order valence-electron chi connectivity index (χ2n) is 7.12. The van der Waals surface area contributed by atoms with Crippen LogP contribution >= 0.6 is 0 Å². The summed E-state index contributed by atoms with van der Waals surface area (Å²) in [5, 5.41) is 3.31. The molecule has 3 aliphatic rings. The first-order chi connectivity index (χ1) is 10.8. The predicted molar refractivity (Wildman–Crippen MR) is 89.4 cm³/mol. The smallest absolute Gasteiger partial charge is 0.238 e. The zero-order valence-electron chi connectivity index (χ0n) is 13.4. The number of benzene rings is 1. The van der Waals surface area contributed by atoms with Gasteiger partial charge in [0.15, 0.2) is 0 Å². The minimum Gasteiger partial charge on any atom is -0.324 e. The highest BCUT2D eigenvalue weighted by molar-refractivity contribution is 5.94. The Bertz CT molecular complexity index is 555. The fraction of sp³-hybridized carbons (Fsp3) is 0.632. The van der Waals surface area contributed by atoms with Crippen LogP contribution in [0.15, 0.2) is 6.07 Å². The number of hydrogen-bond acceptors (Lipinski definition) is 2. The lowest BCUT2D eigenvalue weighted by molar-refractivity contribution is -0.117. The number of fused-ring (bicyclic) bond motifs is 2. The van der Waals surface area contributed by atoms with Crippen LogP contribution in [0.3, 0.4) is 0 Å². The van der Waals surface area contributed by atoms with Crippen LogP contribution in [0.1, 0.15) is 54.4 Å². The zero-order chi connectivity index (χ0) is 14.9. The van der Waals surface area contributed by atoms with Crippen LogP contribution in [-0.2, 0) is 30.5 Å². The standard InChI is InChI=1S/C19H26N2O/c22-18(13-21-10-2-1-3-11-21)20-19-16-8-4-6-14(16)12-15-7-5-9-17(15)19/h12H,1-11,13H2,(H,20,22). The SMILES string of the molecule is O=C(CN1CCCCC1)Nc1c2c(cc3c1CCC3)CCC2. The van der Waals surface area contributed by atoms with E-state index in [2.05, 4.69) is 16.3 Å². The maximum Gasteiger partial charge on any atom is 0.238 e. The van der Waals surface area contributed by atoms with Crippen LogP contribution in [0.4, 0.5) is 5.69 Å². The van der Waals surface area contributed by atoms with Crippen molar-refractivity contribution in [2.45, 2.75) is 57.8 Å². The molecule has 1 amide bonds. The summed E-state index contributed by atoms with van der Waals surface area (Å²) in [7, 11) is 0. The number of carbonyl (C=O) groups excluding carboxylic acids is 1. The molecule has 0 saturated carbocycles. The lowest BCUT2D eigenvalue weighted by Gasteiger charge is -2.26. The summed E-state index contributed by atoms with van der Waals surface area (Å²) in [6.45, 7) is 2.73. The van der Waals surface area contributed by atoms with Gasteiger partial charge in [0, 0.05) is 5.69 Å². The molecule has 0 radical (unpaired) electrons. The first-order valence-electron chi connectivity index (χ1n) is 9.00. The molecular weight excluding hydrogens is 272 g/mol. The molecule has 3 nitrogen and oxygen atoms in total. The third-order valence-corrected chi connectivity index (χ3v) is 5.55. The molecular formula is C19H26N2O. The summed E-state index contributed by atoms with van der Waals surface area (Å²) in [6, 6.07) is 2.42. The van der Waals surface area contributed by atoms with Gasteiger partial charge in [0.1, 0.15) is 0 Å². The Morgan fingerprint density at radius 3 is 2.18 bits per heavy atom. The number of aryl methyl sites for hydroxylation is 2. The third-order valence-electron chi connectivity index (χ3n) is 5.55. The summed E-state index contributed by atoms with van der Waals surface area (Å²) in [5.74, 6) is 0.191. The molecule has 22 heavy (non-hydrogen) atoms. The van der Waals surface area contributed by atoms with Crippen LogP contribution in [0.5, 0.6) is 0 Å². The summed E-state index contributed by atoms with van der Waals surface area (Å²) >= 11 is 0. The first-order valence-corrected chi connectivity index (χ1v) is 9.00. The molecule has 4 rings (SSSR count). The zero-order valence-corrected chi connectivity index (χ0v) is 13.4. The Balaban J connectivity index is 1.53. The quantitative estimate of drug-likeness (QED) is 0.930. The third kappa shape index (κ3) is 2.67. The van der Waals surface area contributed by atoms with Gasteiger partial charge in [0.25, 0.3) is 0 Å². The van der Waals surface area contributed by atoms with Crippen molar-refractivity contribution in [1.29, 1.82) is 0 Å². The van der Waals surface area contributed by atoms with E-state index in [1.165, 1.54) is 72.9 Å². The highest BCUT2D eigenvalue weighted by Crippen LogP contribution is 2.38. The summed E-state index contributed by atoms with van der Waals surface area (Å²) in [5.41, 5.74) is 7.06. The first kappa shape index (κ1) is 14.3. The molecule has 0 bridgehead atoms. The number of amides is 1. The van der Waals surface area contributed by atoms with Gasteiger partial charge < -0.3 is 5.32 Å². The van der Waals surface area contributed by atoms with Gasteiger partial charge in [-0.1, -0.05) is 12.5 Å². The molecule has 1 aliphatic heterocycles. The van der Waals surface area contributed by atoms with Crippen LogP contribution in [-0.4, -0.2) is 30.4 Å². The van der Waals surface area contributed by atoms with E-state index >= 15 is 0 Å². The highest BCUT2D eigenvalue weighted by Gasteiger charge is 2.25. The monoisotopic (exact) mass is 298 g/mol. The fourth-order valence-corrected chi connectivity index (χ4v) is 4.47. The van der Waals surface area contributed by atoms with Gasteiger partial charge in [0.2, 0.25) is 5.91 Å². The lowest BCUT2D eigenvalue weighted by atomic mass is 9.98. The van der Waals surface area contributed by atoms with Crippen LogP contribution in [0.2, 0.25) is 0 Å². The number of nitrogens with one attached hydrogen (secondary N) is 1. The molecule has 1 N–H and O–H groups in total. The Labute approximate surface area is 133 Å². The molecule has 2 aliphatic carbocycles. The van der Waals surface area contributed by atoms with Crippen molar-refractivity contribution < 1.29 is 4.79 Å². The minimum atomic E-state index is 0.191. The molecule has 0 spiro atoms. The van der Waals surface area contributed by atoms with Crippen molar-refractivity contribution in [2.24, 2.45) is 0 Å². The van der Waals surface area contributed by atoms with Gasteiger partial charge in [0.05, 0.1) is 6.54 Å². The van der Waals surface area contributed by atoms with Gasteiger partial charge in [-0.3, -0.25) is 9.69 Å². The molecule has 1 aromatic carbocycles. The van der Waals surface area contributed by atoms with Gasteiger partial charge in [-0.2, -0.15) is 0 Å². The number of piperidine rings is 1. The van der Waals surface area contributed by atoms with Gasteiger partial charge >= 0.3 is 0 Å². The van der Waals surface area contributed by atoms with E-state index in [1.54, 1.807) is 0 Å². The maximum absolute atomic E-state index is 12.5. The van der Waals surface area contributed by atoms with Crippen molar-refractivity contribution in [1.82, 2.24) is 4.90 Å². The van der Waals surface area contributed by atoms with Crippen molar-refractivity contribution in [3.63, 3.8) is 0 Å². The Morgan fingerprint density at radius 2 is 1.55 bits per heavy atom. The molecule has 1 aromatic rings. The Kier molecular flexibility index (Phi) is 3.91. The molecule has 3 heteroatoms.